The predicted molar refractivity (Wildman–Crippen MR) is 87.1 cm³/mol. The molecule has 1 atom stereocenters. The number of hydrogen-bond acceptors (Lipinski definition) is 4. The van der Waals surface area contributed by atoms with Gasteiger partial charge in [0.1, 0.15) is 5.60 Å². The molecule has 120 valence electrons. The van der Waals surface area contributed by atoms with Gasteiger partial charge in [-0.1, -0.05) is 36.4 Å². The molecule has 0 fully saturated rings. The second-order valence-corrected chi connectivity index (χ2v) is 7.29. The summed E-state index contributed by atoms with van der Waals surface area (Å²) in [4.78, 5) is 0.0420. The van der Waals surface area contributed by atoms with E-state index in [0.29, 0.717) is 11.1 Å². The zero-order valence-corrected chi connectivity index (χ0v) is 13.8. The molecule has 0 heterocycles. The van der Waals surface area contributed by atoms with Gasteiger partial charge in [0, 0.05) is 6.54 Å². The van der Waals surface area contributed by atoms with Gasteiger partial charge in [0.25, 0.3) is 0 Å². The van der Waals surface area contributed by atoms with E-state index in [1.807, 2.05) is 12.1 Å². The molecule has 0 saturated carbocycles. The van der Waals surface area contributed by atoms with Crippen molar-refractivity contribution < 1.29 is 13.5 Å². The fourth-order valence-electron chi connectivity index (χ4n) is 2.17. The Bertz CT molecular complexity index is 838. The molecular weight excluding hydrogens is 312 g/mol. The minimum atomic E-state index is -3.83. The van der Waals surface area contributed by atoms with Crippen LogP contribution in [0.1, 0.15) is 23.6 Å². The van der Waals surface area contributed by atoms with E-state index in [0.717, 1.165) is 0 Å². The van der Waals surface area contributed by atoms with Crippen LogP contribution in [0.4, 0.5) is 0 Å². The van der Waals surface area contributed by atoms with Gasteiger partial charge in [-0.25, -0.2) is 13.1 Å². The van der Waals surface area contributed by atoms with Crippen LogP contribution in [0, 0.1) is 18.3 Å². The first-order valence-electron chi connectivity index (χ1n) is 7.04. The Labute approximate surface area is 136 Å². The summed E-state index contributed by atoms with van der Waals surface area (Å²) in [7, 11) is -3.83. The van der Waals surface area contributed by atoms with Gasteiger partial charge < -0.3 is 5.11 Å². The van der Waals surface area contributed by atoms with Gasteiger partial charge in [-0.3, -0.25) is 0 Å². The number of nitriles is 1. The number of sulfonamides is 1. The third-order valence-corrected chi connectivity index (χ3v) is 5.15. The van der Waals surface area contributed by atoms with Gasteiger partial charge in [0.05, 0.1) is 16.5 Å². The van der Waals surface area contributed by atoms with Crippen LogP contribution in [-0.4, -0.2) is 20.1 Å². The number of aliphatic hydroxyl groups is 1. The molecule has 2 rings (SSSR count). The molecule has 0 bridgehead atoms. The molecule has 0 spiro atoms. The zero-order chi connectivity index (χ0) is 17.1. The molecule has 0 aliphatic carbocycles. The highest BCUT2D eigenvalue weighted by atomic mass is 32.2. The van der Waals surface area contributed by atoms with Crippen LogP contribution in [0.2, 0.25) is 0 Å². The molecule has 0 aliphatic rings. The Morgan fingerprint density at radius 3 is 2.48 bits per heavy atom. The number of nitrogens with zero attached hydrogens (tertiary/aromatic N) is 1. The minimum absolute atomic E-state index is 0.0420. The average Bonchev–Trinajstić information content (AvgIpc) is 2.54. The van der Waals surface area contributed by atoms with Crippen LogP contribution in [0.25, 0.3) is 0 Å². The molecule has 0 amide bonds. The summed E-state index contributed by atoms with van der Waals surface area (Å²) < 4.78 is 27.4. The van der Waals surface area contributed by atoms with Gasteiger partial charge in [-0.05, 0) is 37.1 Å². The minimum Gasteiger partial charge on any atom is -0.384 e. The van der Waals surface area contributed by atoms with Gasteiger partial charge in [-0.2, -0.15) is 5.26 Å². The highest BCUT2D eigenvalue weighted by Crippen LogP contribution is 2.21. The average molecular weight is 330 g/mol. The first-order chi connectivity index (χ1) is 10.8. The fourth-order valence-corrected chi connectivity index (χ4v) is 3.57. The van der Waals surface area contributed by atoms with Crippen molar-refractivity contribution in [2.75, 3.05) is 6.54 Å². The molecule has 2 aromatic carbocycles. The summed E-state index contributed by atoms with van der Waals surface area (Å²) in [6.07, 6.45) is 0. The third-order valence-electron chi connectivity index (χ3n) is 3.61. The Morgan fingerprint density at radius 2 is 1.87 bits per heavy atom. The third kappa shape index (κ3) is 3.96. The number of nitrogens with one attached hydrogen (secondary N) is 1. The standard InChI is InChI=1S/C17H18N2O3S/c1-13-8-9-14(11-18)10-16(13)23(21,22)19-12-17(2,20)15-6-4-3-5-7-15/h3-10,19-20H,12H2,1-2H3. The molecule has 0 radical (unpaired) electrons. The largest absolute Gasteiger partial charge is 0.384 e. The summed E-state index contributed by atoms with van der Waals surface area (Å²) in [5.74, 6) is 0. The van der Waals surface area contributed by atoms with Crippen LogP contribution in [0.3, 0.4) is 0 Å². The summed E-state index contributed by atoms with van der Waals surface area (Å²) >= 11 is 0. The maximum absolute atomic E-state index is 12.5. The fraction of sp³-hybridized carbons (Fsp3) is 0.235. The topological polar surface area (TPSA) is 90.2 Å². The van der Waals surface area contributed by atoms with Crippen LogP contribution in [-0.2, 0) is 15.6 Å². The first-order valence-corrected chi connectivity index (χ1v) is 8.53. The quantitative estimate of drug-likeness (QED) is 0.878. The second kappa shape index (κ2) is 6.50. The highest BCUT2D eigenvalue weighted by Gasteiger charge is 2.26. The van der Waals surface area contributed by atoms with E-state index in [1.165, 1.54) is 6.07 Å². The molecule has 1 unspecified atom stereocenters. The number of benzene rings is 2. The summed E-state index contributed by atoms with van der Waals surface area (Å²) in [5, 5.41) is 19.4. The lowest BCUT2D eigenvalue weighted by Crippen LogP contribution is -2.38. The van der Waals surface area contributed by atoms with E-state index >= 15 is 0 Å². The van der Waals surface area contributed by atoms with Crippen LogP contribution >= 0.6 is 0 Å². The van der Waals surface area contributed by atoms with Crippen molar-refractivity contribution in [3.63, 3.8) is 0 Å². The predicted octanol–water partition coefficient (Wildman–Crippen LogP) is 2.05. The van der Waals surface area contributed by atoms with E-state index in [-0.39, 0.29) is 17.0 Å². The molecular formula is C17H18N2O3S. The molecule has 23 heavy (non-hydrogen) atoms. The first kappa shape index (κ1) is 17.2. The van der Waals surface area contributed by atoms with Crippen molar-refractivity contribution in [2.24, 2.45) is 0 Å². The van der Waals surface area contributed by atoms with Gasteiger partial charge >= 0.3 is 0 Å². The molecule has 0 aliphatic heterocycles. The van der Waals surface area contributed by atoms with Crippen LogP contribution in [0.15, 0.2) is 53.4 Å². The lowest BCUT2D eigenvalue weighted by atomic mass is 9.97. The van der Waals surface area contributed by atoms with E-state index in [9.17, 15) is 13.5 Å². The summed E-state index contributed by atoms with van der Waals surface area (Å²) in [6.45, 7) is 3.03. The Balaban J connectivity index is 2.24. The smallest absolute Gasteiger partial charge is 0.240 e. The Kier molecular flexibility index (Phi) is 4.85. The lowest BCUT2D eigenvalue weighted by Gasteiger charge is -2.24. The van der Waals surface area contributed by atoms with Crippen molar-refractivity contribution in [1.29, 1.82) is 5.26 Å². The van der Waals surface area contributed by atoms with Gasteiger partial charge in [0.2, 0.25) is 10.0 Å². The van der Waals surface area contributed by atoms with Crippen molar-refractivity contribution in [3.05, 3.63) is 65.2 Å². The van der Waals surface area contributed by atoms with E-state index < -0.39 is 15.6 Å². The van der Waals surface area contributed by atoms with Crippen molar-refractivity contribution in [1.82, 2.24) is 4.72 Å². The monoisotopic (exact) mass is 330 g/mol. The zero-order valence-electron chi connectivity index (χ0n) is 12.9. The summed E-state index contributed by atoms with van der Waals surface area (Å²) in [6, 6.07) is 15.2. The molecule has 6 heteroatoms. The molecule has 0 aromatic heterocycles. The van der Waals surface area contributed by atoms with Gasteiger partial charge in [-0.15, -0.1) is 0 Å². The SMILES string of the molecule is Cc1ccc(C#N)cc1S(=O)(=O)NCC(C)(O)c1ccccc1. The number of rotatable bonds is 5. The van der Waals surface area contributed by atoms with Gasteiger partial charge in [0.15, 0.2) is 0 Å². The molecule has 0 saturated heterocycles. The van der Waals surface area contributed by atoms with E-state index in [2.05, 4.69) is 4.72 Å². The van der Waals surface area contributed by atoms with E-state index in [4.69, 9.17) is 5.26 Å². The number of hydrogen-bond donors (Lipinski definition) is 2. The molecule has 2 aromatic rings. The van der Waals surface area contributed by atoms with Crippen molar-refractivity contribution in [3.8, 4) is 6.07 Å². The maximum atomic E-state index is 12.5. The Hall–Kier alpha value is -2.20. The van der Waals surface area contributed by atoms with Crippen LogP contribution in [0.5, 0.6) is 0 Å². The second-order valence-electron chi connectivity index (χ2n) is 5.56. The van der Waals surface area contributed by atoms with E-state index in [1.54, 1.807) is 50.2 Å². The van der Waals surface area contributed by atoms with Crippen molar-refractivity contribution in [2.45, 2.75) is 24.3 Å². The highest BCUT2D eigenvalue weighted by molar-refractivity contribution is 7.89. The Morgan fingerprint density at radius 1 is 1.22 bits per heavy atom. The maximum Gasteiger partial charge on any atom is 0.240 e. The van der Waals surface area contributed by atoms with Crippen molar-refractivity contribution >= 4 is 10.0 Å². The summed E-state index contributed by atoms with van der Waals surface area (Å²) in [5.41, 5.74) is 0.0848. The molecule has 5 nitrogen and oxygen atoms in total. The lowest BCUT2D eigenvalue weighted by molar-refractivity contribution is 0.0627. The number of aryl methyl sites for hydroxylation is 1. The normalized spacial score (nSPS) is 14.0. The molecule has 2 N–H and O–H groups in total. The van der Waals surface area contributed by atoms with Crippen LogP contribution < -0.4 is 4.72 Å².